The minimum atomic E-state index is 0.914. The molecule has 602 valence electrons. The van der Waals surface area contributed by atoms with Crippen LogP contribution in [-0.2, 0) is 0 Å². The van der Waals surface area contributed by atoms with Gasteiger partial charge in [-0.3, -0.25) is 15.0 Å². The predicted molar refractivity (Wildman–Crippen MR) is 547 cm³/mol. The van der Waals surface area contributed by atoms with E-state index in [0.717, 1.165) is 121 Å². The van der Waals surface area contributed by atoms with Crippen molar-refractivity contribution in [2.45, 2.75) is 0 Å². The highest BCUT2D eigenvalue weighted by atomic mass is 15.0. The van der Waals surface area contributed by atoms with Gasteiger partial charge < -0.3 is 9.13 Å². The molecule has 0 saturated heterocycles. The average Bonchev–Trinajstić information content (AvgIpc) is 0.753. The quantitative estimate of drug-likeness (QED) is 0.117. The van der Waals surface area contributed by atoms with E-state index in [2.05, 4.69) is 422 Å². The lowest BCUT2D eigenvalue weighted by molar-refractivity contribution is 1.13. The molecular weight excluding hydrogens is 1580 g/mol. The van der Waals surface area contributed by atoms with Crippen LogP contribution in [0, 0.1) is 0 Å². The maximum absolute atomic E-state index is 5.23. The SMILES string of the molecule is c1ccc2cc(-c3c4ccccc4c(-c4c5ccccc5nc5c4ccc4cccnc45)c4ccccc34)ccc2c1.c1ccc2cc(-c3ccc4cc(-c5c6ccccc6nc6c5ccc5cccnc56)ccc4c3)ccc2c1.c1cnc2c(c1)ccc1c(-c3cc(-n4c5ccccc5c5ccccc54)cc(-n4c5ccccc5c5ccccc54)c3)c3ccccc3nc12. The van der Waals surface area contributed by atoms with E-state index in [1.807, 2.05) is 36.8 Å². The molecular formula is C122H74N8. The lowest BCUT2D eigenvalue weighted by Crippen LogP contribution is -2.01. The van der Waals surface area contributed by atoms with Crippen LogP contribution in [0.3, 0.4) is 0 Å². The number of hydrogen-bond acceptors (Lipinski definition) is 6. The zero-order chi connectivity index (χ0) is 85.4. The summed E-state index contributed by atoms with van der Waals surface area (Å²) in [5.41, 5.74) is 27.5. The van der Waals surface area contributed by atoms with Crippen LogP contribution in [0.1, 0.15) is 0 Å². The molecule has 0 aliphatic carbocycles. The predicted octanol–water partition coefficient (Wildman–Crippen LogP) is 32.1. The van der Waals surface area contributed by atoms with Crippen LogP contribution >= 0.6 is 0 Å². The molecule has 0 amide bonds. The molecule has 0 atom stereocenters. The van der Waals surface area contributed by atoms with Gasteiger partial charge in [-0.2, -0.15) is 0 Å². The van der Waals surface area contributed by atoms with Gasteiger partial charge in [-0.1, -0.05) is 328 Å². The summed E-state index contributed by atoms with van der Waals surface area (Å²) in [5, 5.41) is 27.4. The fourth-order valence-corrected chi connectivity index (χ4v) is 20.8. The summed E-state index contributed by atoms with van der Waals surface area (Å²) >= 11 is 0. The number of nitrogens with zero attached hydrogens (tertiary/aromatic N) is 8. The number of hydrogen-bond donors (Lipinski definition) is 0. The second-order valence-corrected chi connectivity index (χ2v) is 33.8. The van der Waals surface area contributed by atoms with Crippen LogP contribution in [0.25, 0.3) is 263 Å². The third kappa shape index (κ3) is 12.1. The van der Waals surface area contributed by atoms with Gasteiger partial charge in [0.1, 0.15) is 0 Å². The first-order valence-corrected chi connectivity index (χ1v) is 44.3. The first-order chi connectivity index (χ1) is 64.5. The Hall–Kier alpha value is -17.5. The van der Waals surface area contributed by atoms with Gasteiger partial charge >= 0.3 is 0 Å². The molecule has 0 unspecified atom stereocenters. The molecule has 8 heteroatoms. The summed E-state index contributed by atoms with van der Waals surface area (Å²) < 4.78 is 4.85. The number of para-hydroxylation sites is 7. The molecule has 20 aromatic carbocycles. The summed E-state index contributed by atoms with van der Waals surface area (Å²) in [6.07, 6.45) is 5.57. The molecule has 0 bridgehead atoms. The smallest absolute Gasteiger partial charge is 0.0978 e. The molecule has 0 radical (unpaired) electrons. The Kier molecular flexibility index (Phi) is 17.2. The highest BCUT2D eigenvalue weighted by Crippen LogP contribution is 2.50. The Morgan fingerprint density at radius 2 is 0.400 bits per heavy atom. The topological polar surface area (TPSA) is 87.2 Å². The number of aromatic nitrogens is 8. The first-order valence-electron chi connectivity index (χ1n) is 44.3. The van der Waals surface area contributed by atoms with Crippen LogP contribution in [0.5, 0.6) is 0 Å². The lowest BCUT2D eigenvalue weighted by atomic mass is 9.83. The molecule has 8 nitrogen and oxygen atoms in total. The summed E-state index contributed by atoms with van der Waals surface area (Å²) in [6, 6.07) is 155. The van der Waals surface area contributed by atoms with Crippen LogP contribution < -0.4 is 0 Å². The van der Waals surface area contributed by atoms with Gasteiger partial charge in [0, 0.05) is 117 Å². The van der Waals surface area contributed by atoms with Crippen molar-refractivity contribution in [3.63, 3.8) is 0 Å². The van der Waals surface area contributed by atoms with Crippen LogP contribution in [0.4, 0.5) is 0 Å². The highest BCUT2D eigenvalue weighted by molar-refractivity contribution is 6.29. The van der Waals surface area contributed by atoms with Crippen LogP contribution in [0.15, 0.2) is 449 Å². The van der Waals surface area contributed by atoms with Crippen molar-refractivity contribution in [2.24, 2.45) is 0 Å². The molecule has 0 aliphatic heterocycles. The van der Waals surface area contributed by atoms with Crippen molar-refractivity contribution in [3.8, 4) is 67.0 Å². The largest absolute Gasteiger partial charge is 0.309 e. The Bertz CT molecular complexity index is 9330. The summed E-state index contributed by atoms with van der Waals surface area (Å²) in [7, 11) is 0. The fraction of sp³-hybridized carbons (Fsp3) is 0. The maximum Gasteiger partial charge on any atom is 0.0978 e. The Balaban J connectivity index is 0.000000104. The minimum Gasteiger partial charge on any atom is -0.309 e. The van der Waals surface area contributed by atoms with Crippen molar-refractivity contribution >= 4 is 196 Å². The molecule has 28 rings (SSSR count). The number of rotatable bonds is 7. The van der Waals surface area contributed by atoms with E-state index in [9.17, 15) is 0 Å². The normalized spacial score (nSPS) is 11.8. The molecule has 0 N–H and O–H groups in total. The third-order valence-corrected chi connectivity index (χ3v) is 26.6. The Labute approximate surface area is 745 Å². The van der Waals surface area contributed by atoms with Crippen LogP contribution in [-0.4, -0.2) is 39.0 Å². The van der Waals surface area contributed by atoms with E-state index in [1.54, 1.807) is 0 Å². The Morgan fingerprint density at radius 1 is 0.146 bits per heavy atom. The van der Waals surface area contributed by atoms with E-state index in [1.165, 1.54) is 142 Å². The molecule has 0 aliphatic rings. The number of fused-ring (bicyclic) bond motifs is 23. The van der Waals surface area contributed by atoms with Crippen molar-refractivity contribution in [1.82, 2.24) is 39.0 Å². The monoisotopic (exact) mass is 1650 g/mol. The molecule has 0 spiro atoms. The first kappa shape index (κ1) is 74.0. The van der Waals surface area contributed by atoms with Gasteiger partial charge in [-0.15, -0.1) is 0 Å². The molecule has 0 saturated carbocycles. The summed E-state index contributed by atoms with van der Waals surface area (Å²) in [5.74, 6) is 0. The molecule has 8 aromatic heterocycles. The van der Waals surface area contributed by atoms with E-state index < -0.39 is 0 Å². The summed E-state index contributed by atoms with van der Waals surface area (Å²) in [6.45, 7) is 0. The van der Waals surface area contributed by atoms with Crippen molar-refractivity contribution in [2.75, 3.05) is 0 Å². The zero-order valence-corrected chi connectivity index (χ0v) is 70.3. The standard InChI is InChI=1S/C46H28N4.C40H24N2.C36H22N2/c1-6-18-39-37(17-1)44(38-24-23-29-12-11-25-47-45(29)46(38)48-39)30-26-31(49-40-19-7-2-13-33(40)34-14-3-8-20-41(34)49)28-32(27-30)50-42-21-9-4-15-35(42)36-16-5-10-22-43(36)50;1-2-11-27-24-28(20-19-25(27)10-1)36-29-13-3-5-15-31(29)37(32-16-6-4-14-30(32)36)38-33-17-7-8-18-35(33)42-40-34(38)22-21-26-12-9-23-41-39(26)40;1-2-7-25-20-26(12-11-23(25)6-1)27-13-14-29-22-30(16-15-28(29)21-27)34-31-9-3-4-10-33(31)38-36-32(34)18-17-24-8-5-19-37-35(24)36/h1-28H;1-24H;1-22H. The highest BCUT2D eigenvalue weighted by Gasteiger charge is 2.26. The minimum absolute atomic E-state index is 0.914. The third-order valence-electron chi connectivity index (χ3n) is 26.6. The second kappa shape index (κ2) is 30.2. The fourth-order valence-electron chi connectivity index (χ4n) is 20.8. The Morgan fingerprint density at radius 3 is 0.792 bits per heavy atom. The van der Waals surface area contributed by atoms with E-state index in [4.69, 9.17) is 29.9 Å². The van der Waals surface area contributed by atoms with E-state index in [0.29, 0.717) is 0 Å². The van der Waals surface area contributed by atoms with E-state index >= 15 is 0 Å². The molecule has 130 heavy (non-hydrogen) atoms. The summed E-state index contributed by atoms with van der Waals surface area (Å²) in [4.78, 5) is 29.8. The van der Waals surface area contributed by atoms with Crippen LogP contribution in [0.2, 0.25) is 0 Å². The van der Waals surface area contributed by atoms with Gasteiger partial charge in [0.25, 0.3) is 0 Å². The van der Waals surface area contributed by atoms with Crippen molar-refractivity contribution in [1.29, 1.82) is 0 Å². The molecule has 28 aromatic rings. The molecule has 8 heterocycles. The lowest BCUT2D eigenvalue weighted by Gasteiger charge is -2.20. The van der Waals surface area contributed by atoms with Crippen molar-refractivity contribution in [3.05, 3.63) is 449 Å². The van der Waals surface area contributed by atoms with Gasteiger partial charge in [0.2, 0.25) is 0 Å². The van der Waals surface area contributed by atoms with Gasteiger partial charge in [0.15, 0.2) is 0 Å². The van der Waals surface area contributed by atoms with Gasteiger partial charge in [-0.25, -0.2) is 15.0 Å². The maximum atomic E-state index is 5.23. The second-order valence-electron chi connectivity index (χ2n) is 33.8. The number of pyridine rings is 6. The van der Waals surface area contributed by atoms with Crippen molar-refractivity contribution < 1.29 is 0 Å². The molecule has 0 fully saturated rings. The average molecular weight is 1650 g/mol. The number of benzene rings is 20. The van der Waals surface area contributed by atoms with Gasteiger partial charge in [0.05, 0.1) is 71.7 Å². The van der Waals surface area contributed by atoms with Gasteiger partial charge in [-0.05, 0) is 196 Å². The van der Waals surface area contributed by atoms with E-state index in [-0.39, 0.29) is 0 Å². The zero-order valence-electron chi connectivity index (χ0n) is 70.3.